The highest BCUT2D eigenvalue weighted by molar-refractivity contribution is 5.95. The zero-order valence-corrected chi connectivity index (χ0v) is 14.1. The lowest BCUT2D eigenvalue weighted by atomic mass is 10.1. The normalized spacial score (nSPS) is 20.6. The smallest absolute Gasteiger partial charge is 0.256 e. The maximum absolute atomic E-state index is 13.0. The SMILES string of the molecule is Cc1nc(C2CC2)ccc1C(=O)N1CCCC1c1nc(N)n(C)n1. The predicted octanol–water partition coefficient (Wildman–Crippen LogP) is 1.96. The summed E-state index contributed by atoms with van der Waals surface area (Å²) < 4.78 is 1.55. The van der Waals surface area contributed by atoms with Crippen LogP contribution in [0.4, 0.5) is 5.95 Å². The third kappa shape index (κ3) is 2.53. The number of amides is 1. The highest BCUT2D eigenvalue weighted by Crippen LogP contribution is 2.39. The van der Waals surface area contributed by atoms with Crippen LogP contribution in [0.25, 0.3) is 0 Å². The minimum atomic E-state index is -0.108. The number of aromatic nitrogens is 4. The number of likely N-dealkylation sites (tertiary alicyclic amines) is 1. The molecular weight excluding hydrogens is 304 g/mol. The minimum Gasteiger partial charge on any atom is -0.368 e. The Bertz CT molecular complexity index is 775. The quantitative estimate of drug-likeness (QED) is 0.931. The maximum atomic E-state index is 13.0. The summed E-state index contributed by atoms with van der Waals surface area (Å²) in [6.45, 7) is 2.63. The van der Waals surface area contributed by atoms with Gasteiger partial charge in [0.1, 0.15) is 0 Å². The Morgan fingerprint density at radius 2 is 2.04 bits per heavy atom. The second-order valence-corrected chi connectivity index (χ2v) is 6.75. The van der Waals surface area contributed by atoms with E-state index in [2.05, 4.69) is 15.1 Å². The fourth-order valence-electron chi connectivity index (χ4n) is 3.40. The third-order valence-corrected chi connectivity index (χ3v) is 4.96. The van der Waals surface area contributed by atoms with Crippen LogP contribution in [-0.2, 0) is 7.05 Å². The van der Waals surface area contributed by atoms with Gasteiger partial charge in [-0.2, -0.15) is 10.1 Å². The summed E-state index contributed by atoms with van der Waals surface area (Å²) in [5, 5.41) is 4.36. The number of nitrogen functional groups attached to an aromatic ring is 1. The van der Waals surface area contributed by atoms with Crippen molar-refractivity contribution in [3.8, 4) is 0 Å². The van der Waals surface area contributed by atoms with Gasteiger partial charge >= 0.3 is 0 Å². The van der Waals surface area contributed by atoms with Crippen molar-refractivity contribution in [3.05, 3.63) is 34.9 Å². The molecule has 2 aromatic rings. The molecule has 0 aromatic carbocycles. The van der Waals surface area contributed by atoms with E-state index in [1.807, 2.05) is 24.0 Å². The highest BCUT2D eigenvalue weighted by atomic mass is 16.2. The Kier molecular flexibility index (Phi) is 3.51. The first-order chi connectivity index (χ1) is 11.5. The number of anilines is 1. The van der Waals surface area contributed by atoms with E-state index < -0.39 is 0 Å². The third-order valence-electron chi connectivity index (χ3n) is 4.96. The van der Waals surface area contributed by atoms with Crippen molar-refractivity contribution in [3.63, 3.8) is 0 Å². The lowest BCUT2D eigenvalue weighted by Gasteiger charge is -2.23. The zero-order valence-electron chi connectivity index (χ0n) is 14.1. The lowest BCUT2D eigenvalue weighted by Crippen LogP contribution is -2.32. The van der Waals surface area contributed by atoms with Gasteiger partial charge in [-0.3, -0.25) is 9.78 Å². The Morgan fingerprint density at radius 1 is 1.25 bits per heavy atom. The van der Waals surface area contributed by atoms with Crippen LogP contribution in [0.2, 0.25) is 0 Å². The van der Waals surface area contributed by atoms with Crippen LogP contribution in [-0.4, -0.2) is 37.1 Å². The molecule has 2 fully saturated rings. The first-order valence-electron chi connectivity index (χ1n) is 8.49. The van der Waals surface area contributed by atoms with E-state index in [0.29, 0.717) is 29.8 Å². The summed E-state index contributed by atoms with van der Waals surface area (Å²) in [7, 11) is 1.76. The zero-order chi connectivity index (χ0) is 16.8. The Labute approximate surface area is 140 Å². The molecule has 126 valence electrons. The molecule has 1 aliphatic carbocycles. The van der Waals surface area contributed by atoms with E-state index in [1.54, 1.807) is 11.7 Å². The summed E-state index contributed by atoms with van der Waals surface area (Å²) in [6, 6.07) is 3.82. The summed E-state index contributed by atoms with van der Waals surface area (Å²) in [5.74, 6) is 1.60. The van der Waals surface area contributed by atoms with Gasteiger partial charge in [0, 0.05) is 25.2 Å². The monoisotopic (exact) mass is 326 g/mol. The average molecular weight is 326 g/mol. The van der Waals surface area contributed by atoms with Gasteiger partial charge in [0.05, 0.1) is 17.3 Å². The van der Waals surface area contributed by atoms with Gasteiger partial charge in [-0.15, -0.1) is 0 Å². The van der Waals surface area contributed by atoms with Crippen LogP contribution < -0.4 is 5.73 Å². The molecular formula is C17H22N6O. The van der Waals surface area contributed by atoms with Crippen LogP contribution in [0.15, 0.2) is 12.1 Å². The van der Waals surface area contributed by atoms with E-state index in [-0.39, 0.29) is 11.9 Å². The van der Waals surface area contributed by atoms with Gasteiger partial charge in [0.2, 0.25) is 5.95 Å². The standard InChI is InChI=1S/C17H22N6O/c1-10-12(7-8-13(19-10)11-5-6-11)16(24)23-9-3-4-14(23)15-20-17(18)22(2)21-15/h7-8,11,14H,3-6,9H2,1-2H3,(H2,18,20,21). The first-order valence-corrected chi connectivity index (χ1v) is 8.49. The predicted molar refractivity (Wildman–Crippen MR) is 89.4 cm³/mol. The van der Waals surface area contributed by atoms with E-state index in [9.17, 15) is 4.79 Å². The second-order valence-electron chi connectivity index (χ2n) is 6.75. The van der Waals surface area contributed by atoms with E-state index in [1.165, 1.54) is 12.8 Å². The number of carbonyl (C=O) groups is 1. The summed E-state index contributed by atoms with van der Waals surface area (Å²) in [5.41, 5.74) is 8.39. The van der Waals surface area contributed by atoms with Gasteiger partial charge in [0.15, 0.2) is 5.82 Å². The van der Waals surface area contributed by atoms with Crippen molar-refractivity contribution >= 4 is 11.9 Å². The molecule has 1 aliphatic heterocycles. The van der Waals surface area contributed by atoms with Crippen LogP contribution in [0.1, 0.15) is 65.2 Å². The fourth-order valence-corrected chi connectivity index (χ4v) is 3.40. The van der Waals surface area contributed by atoms with E-state index in [4.69, 9.17) is 5.73 Å². The number of hydrogen-bond acceptors (Lipinski definition) is 5. The van der Waals surface area contributed by atoms with Crippen molar-refractivity contribution in [2.75, 3.05) is 12.3 Å². The van der Waals surface area contributed by atoms with Crippen LogP contribution in [0, 0.1) is 6.92 Å². The number of aryl methyl sites for hydroxylation is 2. The number of hydrogen-bond donors (Lipinski definition) is 1. The molecule has 1 atom stereocenters. The van der Waals surface area contributed by atoms with Crippen molar-refractivity contribution in [1.82, 2.24) is 24.6 Å². The summed E-state index contributed by atoms with van der Waals surface area (Å²) in [4.78, 5) is 23.8. The molecule has 2 aromatic heterocycles. The highest BCUT2D eigenvalue weighted by Gasteiger charge is 2.34. The number of nitrogens with two attached hydrogens (primary N) is 1. The molecule has 24 heavy (non-hydrogen) atoms. The Morgan fingerprint density at radius 3 is 2.67 bits per heavy atom. The number of pyridine rings is 1. The van der Waals surface area contributed by atoms with Crippen molar-refractivity contribution in [1.29, 1.82) is 0 Å². The molecule has 0 bridgehead atoms. The van der Waals surface area contributed by atoms with Crippen LogP contribution in [0.5, 0.6) is 0 Å². The Balaban J connectivity index is 1.60. The van der Waals surface area contributed by atoms with Crippen molar-refractivity contribution in [2.45, 2.75) is 44.6 Å². The molecule has 1 amide bonds. The Hall–Kier alpha value is -2.44. The van der Waals surface area contributed by atoms with Gasteiger partial charge < -0.3 is 10.6 Å². The van der Waals surface area contributed by atoms with Crippen LogP contribution in [0.3, 0.4) is 0 Å². The maximum Gasteiger partial charge on any atom is 0.256 e. The molecule has 3 heterocycles. The van der Waals surface area contributed by atoms with Gasteiger partial charge in [0.25, 0.3) is 5.91 Å². The number of carbonyl (C=O) groups excluding carboxylic acids is 1. The second kappa shape index (κ2) is 5.58. The first kappa shape index (κ1) is 15.1. The minimum absolute atomic E-state index is 0.0101. The largest absolute Gasteiger partial charge is 0.368 e. The molecule has 0 radical (unpaired) electrons. The summed E-state index contributed by atoms with van der Waals surface area (Å²) >= 11 is 0. The molecule has 1 unspecified atom stereocenters. The van der Waals surface area contributed by atoms with Gasteiger partial charge in [-0.05, 0) is 44.7 Å². The summed E-state index contributed by atoms with van der Waals surface area (Å²) in [6.07, 6.45) is 4.23. The molecule has 2 N–H and O–H groups in total. The molecule has 0 spiro atoms. The molecule has 1 saturated carbocycles. The average Bonchev–Trinajstić information content (AvgIpc) is 3.20. The van der Waals surface area contributed by atoms with E-state index >= 15 is 0 Å². The lowest BCUT2D eigenvalue weighted by molar-refractivity contribution is 0.0728. The number of nitrogens with zero attached hydrogens (tertiary/aromatic N) is 5. The fraction of sp³-hybridized carbons (Fsp3) is 0.529. The molecule has 1 saturated heterocycles. The van der Waals surface area contributed by atoms with Crippen LogP contribution >= 0.6 is 0 Å². The molecule has 7 heteroatoms. The molecule has 4 rings (SSSR count). The van der Waals surface area contributed by atoms with E-state index in [0.717, 1.165) is 24.2 Å². The molecule has 7 nitrogen and oxygen atoms in total. The number of rotatable bonds is 3. The van der Waals surface area contributed by atoms with Gasteiger partial charge in [-0.25, -0.2) is 4.68 Å². The molecule has 2 aliphatic rings. The van der Waals surface area contributed by atoms with Gasteiger partial charge in [-0.1, -0.05) is 0 Å². The topological polar surface area (TPSA) is 89.9 Å². The van der Waals surface area contributed by atoms with Crippen molar-refractivity contribution in [2.24, 2.45) is 7.05 Å². The van der Waals surface area contributed by atoms with Crippen molar-refractivity contribution < 1.29 is 4.79 Å².